The molecule has 0 unspecified atom stereocenters. The number of carbonyl (C=O) groups excluding carboxylic acids is 2. The fourth-order valence-corrected chi connectivity index (χ4v) is 5.22. The van der Waals surface area contributed by atoms with Crippen LogP contribution in [0, 0.1) is 6.92 Å². The van der Waals surface area contributed by atoms with Gasteiger partial charge in [0, 0.05) is 22.3 Å². The highest BCUT2D eigenvalue weighted by Crippen LogP contribution is 2.29. The molecular formula is C30H36N2O5S. The highest BCUT2D eigenvalue weighted by Gasteiger charge is 2.34. The number of benzene rings is 2. The van der Waals surface area contributed by atoms with Gasteiger partial charge in [0.2, 0.25) is 11.8 Å². The number of carbonyl (C=O) groups is 2. The molecule has 38 heavy (non-hydrogen) atoms. The first kappa shape index (κ1) is 27.7. The van der Waals surface area contributed by atoms with Crippen molar-refractivity contribution in [2.24, 2.45) is 0 Å². The van der Waals surface area contributed by atoms with Gasteiger partial charge in [-0.05, 0) is 61.6 Å². The number of amides is 2. The summed E-state index contributed by atoms with van der Waals surface area (Å²) in [5.74, 6) is 1.15. The fourth-order valence-electron chi connectivity index (χ4n) is 4.32. The number of hydrogen-bond donors (Lipinski definition) is 0. The van der Waals surface area contributed by atoms with E-state index in [2.05, 4.69) is 19.1 Å². The second-order valence-corrected chi connectivity index (χ2v) is 10.9. The van der Waals surface area contributed by atoms with Gasteiger partial charge in [-0.2, -0.15) is 0 Å². The molecule has 0 N–H and O–H groups in total. The van der Waals surface area contributed by atoms with Crippen molar-refractivity contribution in [3.63, 3.8) is 0 Å². The summed E-state index contributed by atoms with van der Waals surface area (Å²) in [4.78, 5) is 32.5. The van der Waals surface area contributed by atoms with E-state index in [-0.39, 0.29) is 31.0 Å². The summed E-state index contributed by atoms with van der Waals surface area (Å²) in [6.07, 6.45) is 2.51. The number of hydrogen-bond acceptors (Lipinski definition) is 6. The van der Waals surface area contributed by atoms with Gasteiger partial charge in [0.05, 0.1) is 27.4 Å². The lowest BCUT2D eigenvalue weighted by molar-refractivity contribution is -0.144. The Morgan fingerprint density at radius 2 is 1.68 bits per heavy atom. The third kappa shape index (κ3) is 7.82. The monoisotopic (exact) mass is 536 g/mol. The summed E-state index contributed by atoms with van der Waals surface area (Å²) in [7, 11) is 3.23. The zero-order chi connectivity index (χ0) is 26.9. The number of thiophene rings is 1. The predicted octanol–water partition coefficient (Wildman–Crippen LogP) is 4.85. The van der Waals surface area contributed by atoms with E-state index in [4.69, 9.17) is 14.2 Å². The van der Waals surface area contributed by atoms with Crippen LogP contribution in [0.15, 0.2) is 60.7 Å². The van der Waals surface area contributed by atoms with Crippen LogP contribution < -0.4 is 9.47 Å². The van der Waals surface area contributed by atoms with Crippen molar-refractivity contribution in [2.45, 2.75) is 45.4 Å². The quantitative estimate of drug-likeness (QED) is 0.295. The van der Waals surface area contributed by atoms with Gasteiger partial charge in [-0.1, -0.05) is 36.4 Å². The zero-order valence-electron chi connectivity index (χ0n) is 22.4. The maximum absolute atomic E-state index is 13.6. The fraction of sp³-hybridized carbons (Fsp3) is 0.400. The van der Waals surface area contributed by atoms with Crippen molar-refractivity contribution in [1.82, 2.24) is 9.80 Å². The van der Waals surface area contributed by atoms with E-state index in [1.165, 1.54) is 4.88 Å². The minimum absolute atomic E-state index is 0.0333. The van der Waals surface area contributed by atoms with Gasteiger partial charge in [-0.15, -0.1) is 11.3 Å². The Balaban J connectivity index is 1.40. The van der Waals surface area contributed by atoms with Crippen LogP contribution in [0.4, 0.5) is 0 Å². The van der Waals surface area contributed by atoms with Gasteiger partial charge in [-0.25, -0.2) is 0 Å². The van der Waals surface area contributed by atoms with Crippen LogP contribution >= 0.6 is 11.3 Å². The molecule has 8 heteroatoms. The van der Waals surface area contributed by atoms with E-state index < -0.39 is 0 Å². The van der Waals surface area contributed by atoms with E-state index in [0.717, 1.165) is 28.8 Å². The van der Waals surface area contributed by atoms with Crippen LogP contribution in [0.5, 0.6) is 11.5 Å². The molecule has 0 saturated heterocycles. The molecule has 1 aromatic heterocycles. The van der Waals surface area contributed by atoms with Gasteiger partial charge in [0.15, 0.2) is 11.5 Å². The van der Waals surface area contributed by atoms with Crippen LogP contribution in [0.1, 0.15) is 33.7 Å². The normalized spacial score (nSPS) is 12.7. The van der Waals surface area contributed by atoms with Gasteiger partial charge in [0.25, 0.3) is 0 Å². The average Bonchev–Trinajstić information content (AvgIpc) is 3.70. The molecular weight excluding hydrogens is 500 g/mol. The lowest BCUT2D eigenvalue weighted by Crippen LogP contribution is -2.45. The molecule has 1 aliphatic rings. The molecule has 2 aromatic carbocycles. The highest BCUT2D eigenvalue weighted by atomic mass is 32.1. The first-order chi connectivity index (χ1) is 18.5. The number of rotatable bonds is 14. The van der Waals surface area contributed by atoms with E-state index in [1.54, 1.807) is 30.5 Å². The molecule has 1 fully saturated rings. The second-order valence-electron chi connectivity index (χ2n) is 9.50. The molecule has 0 aliphatic heterocycles. The third-order valence-electron chi connectivity index (χ3n) is 6.56. The molecule has 0 radical (unpaired) electrons. The average molecular weight is 537 g/mol. The molecule has 2 amide bonds. The molecule has 1 saturated carbocycles. The Hall–Kier alpha value is -3.36. The van der Waals surface area contributed by atoms with E-state index in [0.29, 0.717) is 37.6 Å². The lowest BCUT2D eigenvalue weighted by Gasteiger charge is -2.28. The predicted molar refractivity (Wildman–Crippen MR) is 149 cm³/mol. The summed E-state index contributed by atoms with van der Waals surface area (Å²) in [5, 5.41) is 0. The number of aryl methyl sites for hydroxylation is 1. The molecule has 7 nitrogen and oxygen atoms in total. The van der Waals surface area contributed by atoms with Crippen LogP contribution in [-0.2, 0) is 33.9 Å². The topological polar surface area (TPSA) is 68.3 Å². The van der Waals surface area contributed by atoms with Crippen LogP contribution in [-0.4, -0.2) is 61.6 Å². The maximum Gasteiger partial charge on any atom is 0.249 e. The molecule has 4 rings (SSSR count). The Morgan fingerprint density at radius 3 is 2.34 bits per heavy atom. The molecule has 1 aliphatic carbocycles. The van der Waals surface area contributed by atoms with Crippen LogP contribution in [0.3, 0.4) is 0 Å². The van der Waals surface area contributed by atoms with Crippen molar-refractivity contribution < 1.29 is 23.8 Å². The van der Waals surface area contributed by atoms with Gasteiger partial charge >= 0.3 is 0 Å². The maximum atomic E-state index is 13.6. The summed E-state index contributed by atoms with van der Waals surface area (Å²) in [6.45, 7) is 3.51. The minimum Gasteiger partial charge on any atom is -0.493 e. The number of ether oxygens (including phenoxy) is 3. The highest BCUT2D eigenvalue weighted by molar-refractivity contribution is 7.11. The Bertz CT molecular complexity index is 1210. The lowest BCUT2D eigenvalue weighted by atomic mass is 10.1. The molecule has 0 spiro atoms. The van der Waals surface area contributed by atoms with Gasteiger partial charge in [-0.3, -0.25) is 9.59 Å². The van der Waals surface area contributed by atoms with E-state index >= 15 is 0 Å². The Kier molecular flexibility index (Phi) is 9.79. The van der Waals surface area contributed by atoms with Crippen molar-refractivity contribution >= 4 is 23.2 Å². The Labute approximate surface area is 228 Å². The molecule has 0 atom stereocenters. The summed E-state index contributed by atoms with van der Waals surface area (Å²) < 4.78 is 16.5. The van der Waals surface area contributed by atoms with Crippen LogP contribution in [0.25, 0.3) is 0 Å². The van der Waals surface area contributed by atoms with Crippen molar-refractivity contribution in [3.8, 4) is 11.5 Å². The standard InChI is InChI=1S/C30H36N2O5S/c1-22-9-13-26(38-22)18-31(16-15-23-10-14-27(35-2)28(17-23)36-3)29(33)19-32(25-11-12-25)30(34)21-37-20-24-7-5-4-6-8-24/h4-10,13-14,17,25H,11-12,15-16,18-21H2,1-3H3. The number of methoxy groups -OCH3 is 2. The molecule has 1 heterocycles. The van der Waals surface area contributed by atoms with Crippen LogP contribution in [0.2, 0.25) is 0 Å². The van der Waals surface area contributed by atoms with Gasteiger partial charge < -0.3 is 24.0 Å². The molecule has 0 bridgehead atoms. The van der Waals surface area contributed by atoms with Gasteiger partial charge in [0.1, 0.15) is 13.2 Å². The second kappa shape index (κ2) is 13.4. The van der Waals surface area contributed by atoms with Crippen molar-refractivity contribution in [3.05, 3.63) is 81.5 Å². The summed E-state index contributed by atoms with van der Waals surface area (Å²) in [6, 6.07) is 19.8. The number of nitrogens with zero attached hydrogens (tertiary/aromatic N) is 2. The first-order valence-corrected chi connectivity index (χ1v) is 13.7. The summed E-state index contributed by atoms with van der Waals surface area (Å²) >= 11 is 1.69. The minimum atomic E-state index is -0.136. The molecule has 202 valence electrons. The van der Waals surface area contributed by atoms with E-state index in [9.17, 15) is 9.59 Å². The van der Waals surface area contributed by atoms with E-state index in [1.807, 2.05) is 53.4 Å². The Morgan fingerprint density at radius 1 is 0.921 bits per heavy atom. The third-order valence-corrected chi connectivity index (χ3v) is 7.55. The smallest absolute Gasteiger partial charge is 0.249 e. The zero-order valence-corrected chi connectivity index (χ0v) is 23.2. The first-order valence-electron chi connectivity index (χ1n) is 12.9. The summed E-state index contributed by atoms with van der Waals surface area (Å²) in [5.41, 5.74) is 2.06. The van der Waals surface area contributed by atoms with Crippen molar-refractivity contribution in [2.75, 3.05) is 33.9 Å². The molecule has 3 aromatic rings. The largest absolute Gasteiger partial charge is 0.493 e. The van der Waals surface area contributed by atoms with Crippen molar-refractivity contribution in [1.29, 1.82) is 0 Å². The SMILES string of the molecule is COc1ccc(CCN(Cc2ccc(C)s2)C(=O)CN(C(=O)COCc2ccccc2)C2CC2)cc1OC.